The summed E-state index contributed by atoms with van der Waals surface area (Å²) in [4.78, 5) is 3.97. The van der Waals surface area contributed by atoms with Crippen molar-refractivity contribution in [2.45, 2.75) is 25.9 Å². The van der Waals surface area contributed by atoms with Gasteiger partial charge in [0.25, 0.3) is 0 Å². The Kier molecular flexibility index (Phi) is 2.04. The lowest BCUT2D eigenvalue weighted by Gasteiger charge is -2.14. The van der Waals surface area contributed by atoms with Crippen LogP contribution in [0.3, 0.4) is 0 Å². The first-order valence-electron chi connectivity index (χ1n) is 4.59. The van der Waals surface area contributed by atoms with E-state index in [2.05, 4.69) is 4.98 Å². The lowest BCUT2D eigenvalue weighted by molar-refractivity contribution is 0.0757. The van der Waals surface area contributed by atoms with E-state index in [-0.39, 0.29) is 0 Å². The highest BCUT2D eigenvalue weighted by Gasteiger charge is 2.16. The molecule has 0 spiro atoms. The number of rotatable bonds is 2. The molecule has 3 nitrogen and oxygen atoms in total. The predicted molar refractivity (Wildman–Crippen MR) is 54.0 cm³/mol. The third-order valence-corrected chi connectivity index (χ3v) is 1.98. The standard InChI is InChI=1S/C11H13NO2/c1-11(2,13)6-9-5-8-3-4-12-7-10(8)14-9/h3-5,7,13H,6H2,1-2H3. The molecule has 0 atom stereocenters. The number of hydrogen-bond acceptors (Lipinski definition) is 3. The quantitative estimate of drug-likeness (QED) is 0.791. The Bertz CT molecular complexity index is 407. The molecule has 0 aromatic carbocycles. The molecule has 0 aliphatic rings. The molecule has 0 radical (unpaired) electrons. The van der Waals surface area contributed by atoms with Gasteiger partial charge in [-0.05, 0) is 26.0 Å². The number of aromatic nitrogens is 1. The van der Waals surface area contributed by atoms with E-state index in [1.54, 1.807) is 26.2 Å². The van der Waals surface area contributed by atoms with Crippen molar-refractivity contribution in [1.82, 2.24) is 4.98 Å². The van der Waals surface area contributed by atoms with Crippen molar-refractivity contribution in [2.24, 2.45) is 0 Å². The van der Waals surface area contributed by atoms with Gasteiger partial charge >= 0.3 is 0 Å². The zero-order valence-electron chi connectivity index (χ0n) is 8.32. The Balaban J connectivity index is 2.36. The van der Waals surface area contributed by atoms with Gasteiger partial charge in [0.15, 0.2) is 5.58 Å². The van der Waals surface area contributed by atoms with Crippen LogP contribution in [0.5, 0.6) is 0 Å². The number of furan rings is 1. The molecule has 3 heteroatoms. The van der Waals surface area contributed by atoms with E-state index in [1.165, 1.54) is 0 Å². The molecule has 0 saturated heterocycles. The highest BCUT2D eigenvalue weighted by atomic mass is 16.3. The molecule has 1 N–H and O–H groups in total. The first-order chi connectivity index (χ1) is 6.54. The van der Waals surface area contributed by atoms with Crippen molar-refractivity contribution in [1.29, 1.82) is 0 Å². The third-order valence-electron chi connectivity index (χ3n) is 1.98. The molecule has 2 heterocycles. The number of fused-ring (bicyclic) bond motifs is 1. The van der Waals surface area contributed by atoms with Crippen molar-refractivity contribution < 1.29 is 9.52 Å². The fraction of sp³-hybridized carbons (Fsp3) is 0.364. The van der Waals surface area contributed by atoms with Crippen LogP contribution in [0.4, 0.5) is 0 Å². The average Bonchev–Trinajstić information content (AvgIpc) is 2.42. The van der Waals surface area contributed by atoms with Gasteiger partial charge in [-0.15, -0.1) is 0 Å². The molecular weight excluding hydrogens is 178 g/mol. The molecule has 74 valence electrons. The van der Waals surface area contributed by atoms with E-state index in [0.29, 0.717) is 6.42 Å². The van der Waals surface area contributed by atoms with Crippen LogP contribution in [0.15, 0.2) is 28.9 Å². The van der Waals surface area contributed by atoms with Crippen LogP contribution in [0.1, 0.15) is 19.6 Å². The molecule has 2 rings (SSSR count). The van der Waals surface area contributed by atoms with Crippen LogP contribution in [0.25, 0.3) is 11.0 Å². The first-order valence-corrected chi connectivity index (χ1v) is 4.59. The van der Waals surface area contributed by atoms with Gasteiger partial charge in [0.05, 0.1) is 11.8 Å². The largest absolute Gasteiger partial charge is 0.459 e. The molecule has 0 aliphatic heterocycles. The Morgan fingerprint density at radius 2 is 2.29 bits per heavy atom. The molecule has 2 aromatic heterocycles. The summed E-state index contributed by atoms with van der Waals surface area (Å²) < 4.78 is 5.52. The Hall–Kier alpha value is -1.35. The van der Waals surface area contributed by atoms with Crippen molar-refractivity contribution in [3.8, 4) is 0 Å². The fourth-order valence-electron chi connectivity index (χ4n) is 1.45. The monoisotopic (exact) mass is 191 g/mol. The zero-order valence-corrected chi connectivity index (χ0v) is 8.32. The Morgan fingerprint density at radius 3 is 2.93 bits per heavy atom. The van der Waals surface area contributed by atoms with E-state index in [0.717, 1.165) is 16.7 Å². The summed E-state index contributed by atoms with van der Waals surface area (Å²) in [7, 11) is 0. The third kappa shape index (κ3) is 1.93. The van der Waals surface area contributed by atoms with Crippen LogP contribution in [-0.2, 0) is 6.42 Å². The highest BCUT2D eigenvalue weighted by molar-refractivity contribution is 5.76. The second-order valence-electron chi connectivity index (χ2n) is 4.12. The maximum Gasteiger partial charge on any atom is 0.152 e. The van der Waals surface area contributed by atoms with E-state index < -0.39 is 5.60 Å². The smallest absolute Gasteiger partial charge is 0.152 e. The van der Waals surface area contributed by atoms with Gasteiger partial charge in [-0.1, -0.05) is 0 Å². The molecule has 0 unspecified atom stereocenters. The number of pyridine rings is 1. The number of hydrogen-bond donors (Lipinski definition) is 1. The lowest BCUT2D eigenvalue weighted by atomic mass is 10.0. The normalized spacial score (nSPS) is 12.2. The average molecular weight is 191 g/mol. The summed E-state index contributed by atoms with van der Waals surface area (Å²) in [6.45, 7) is 3.52. The van der Waals surface area contributed by atoms with Gasteiger partial charge in [0.2, 0.25) is 0 Å². The van der Waals surface area contributed by atoms with Crippen molar-refractivity contribution in [3.63, 3.8) is 0 Å². The van der Waals surface area contributed by atoms with Gasteiger partial charge < -0.3 is 9.52 Å². The number of nitrogens with zero attached hydrogens (tertiary/aromatic N) is 1. The van der Waals surface area contributed by atoms with Crippen LogP contribution in [0, 0.1) is 0 Å². The van der Waals surface area contributed by atoms with Crippen molar-refractivity contribution in [2.75, 3.05) is 0 Å². The topological polar surface area (TPSA) is 46.3 Å². The molecular formula is C11H13NO2. The van der Waals surface area contributed by atoms with Crippen LogP contribution < -0.4 is 0 Å². The maximum atomic E-state index is 9.62. The van der Waals surface area contributed by atoms with E-state index >= 15 is 0 Å². The van der Waals surface area contributed by atoms with Gasteiger partial charge in [0, 0.05) is 18.0 Å². The lowest BCUT2D eigenvalue weighted by Crippen LogP contribution is -2.21. The summed E-state index contributed by atoms with van der Waals surface area (Å²) in [5, 5.41) is 10.6. The first kappa shape index (κ1) is 9.21. The van der Waals surface area contributed by atoms with Gasteiger partial charge in [-0.3, -0.25) is 4.98 Å². The van der Waals surface area contributed by atoms with Crippen molar-refractivity contribution in [3.05, 3.63) is 30.3 Å². The summed E-state index contributed by atoms with van der Waals surface area (Å²) >= 11 is 0. The Morgan fingerprint density at radius 1 is 1.50 bits per heavy atom. The van der Waals surface area contributed by atoms with E-state index in [4.69, 9.17) is 4.42 Å². The minimum absolute atomic E-state index is 0.516. The maximum absolute atomic E-state index is 9.62. The van der Waals surface area contributed by atoms with Gasteiger partial charge in [0.1, 0.15) is 5.76 Å². The summed E-state index contributed by atoms with van der Waals surface area (Å²) in [6, 6.07) is 3.84. The summed E-state index contributed by atoms with van der Waals surface area (Å²) in [6.07, 6.45) is 3.93. The molecule has 0 amide bonds. The summed E-state index contributed by atoms with van der Waals surface area (Å²) in [5.74, 6) is 0.792. The Labute approximate surface area is 82.4 Å². The molecule has 0 saturated carbocycles. The van der Waals surface area contributed by atoms with E-state index in [9.17, 15) is 5.11 Å². The highest BCUT2D eigenvalue weighted by Crippen LogP contribution is 2.21. The molecule has 0 aliphatic carbocycles. The predicted octanol–water partition coefficient (Wildman–Crippen LogP) is 2.14. The zero-order chi connectivity index (χ0) is 10.2. The SMILES string of the molecule is CC(C)(O)Cc1cc2ccncc2o1. The van der Waals surface area contributed by atoms with Crippen molar-refractivity contribution >= 4 is 11.0 Å². The fourth-order valence-corrected chi connectivity index (χ4v) is 1.45. The molecule has 0 bridgehead atoms. The minimum atomic E-state index is -0.735. The summed E-state index contributed by atoms with van der Waals surface area (Å²) in [5.41, 5.74) is 0.0353. The van der Waals surface area contributed by atoms with Crippen LogP contribution in [0.2, 0.25) is 0 Å². The minimum Gasteiger partial charge on any atom is -0.459 e. The second kappa shape index (κ2) is 3.10. The van der Waals surface area contributed by atoms with Crippen LogP contribution >= 0.6 is 0 Å². The van der Waals surface area contributed by atoms with Crippen LogP contribution in [-0.4, -0.2) is 15.7 Å². The molecule has 14 heavy (non-hydrogen) atoms. The van der Waals surface area contributed by atoms with Gasteiger partial charge in [-0.25, -0.2) is 0 Å². The number of aliphatic hydroxyl groups is 1. The molecule has 2 aromatic rings. The van der Waals surface area contributed by atoms with E-state index in [1.807, 2.05) is 12.1 Å². The van der Waals surface area contributed by atoms with Gasteiger partial charge in [-0.2, -0.15) is 0 Å². The second-order valence-corrected chi connectivity index (χ2v) is 4.12. The molecule has 0 fully saturated rings.